The van der Waals surface area contributed by atoms with Crippen LogP contribution in [0.1, 0.15) is 24.9 Å². The van der Waals surface area contributed by atoms with Gasteiger partial charge in [0.05, 0.1) is 13.7 Å². The third-order valence-electron chi connectivity index (χ3n) is 3.27. The van der Waals surface area contributed by atoms with Crippen molar-refractivity contribution in [2.45, 2.75) is 26.6 Å². The largest absolute Gasteiger partial charge is 0.493 e. The van der Waals surface area contributed by atoms with Crippen LogP contribution in [0.5, 0.6) is 11.5 Å². The lowest BCUT2D eigenvalue weighted by Gasteiger charge is -2.13. The number of imidazole rings is 1. The van der Waals surface area contributed by atoms with Gasteiger partial charge in [-0.2, -0.15) is 8.78 Å². The first-order valence-electron chi connectivity index (χ1n) is 7.46. The number of ether oxygens (including phenoxy) is 2. The maximum absolute atomic E-state index is 12.8. The molecule has 130 valence electrons. The van der Waals surface area contributed by atoms with Crippen LogP contribution in [0.15, 0.2) is 42.7 Å². The molecule has 0 atom stereocenters. The number of nitrogens with one attached hydrogen (secondary N) is 1. The van der Waals surface area contributed by atoms with Crippen LogP contribution >= 0.6 is 0 Å². The summed E-state index contributed by atoms with van der Waals surface area (Å²) >= 11 is 0. The Hall–Kier alpha value is -2.41. The standard InChI is InChI=1S/C17H21F2N3O2/c1-12(2)11-24-15-8-13(4-5-14(15)23-3)9-20-10-16-21-6-7-22(16)17(18)19/h4-8,17,20H,1,9-11H2,2-3H3. The number of hydrogen-bond donors (Lipinski definition) is 1. The molecule has 1 heterocycles. The van der Waals surface area contributed by atoms with E-state index in [4.69, 9.17) is 9.47 Å². The molecule has 24 heavy (non-hydrogen) atoms. The highest BCUT2D eigenvalue weighted by molar-refractivity contribution is 5.43. The zero-order chi connectivity index (χ0) is 17.5. The van der Waals surface area contributed by atoms with E-state index >= 15 is 0 Å². The fourth-order valence-corrected chi connectivity index (χ4v) is 2.12. The van der Waals surface area contributed by atoms with Crippen LogP contribution in [0.3, 0.4) is 0 Å². The Bertz CT molecular complexity index is 686. The van der Waals surface area contributed by atoms with Crippen LogP contribution in [0.25, 0.3) is 0 Å². The summed E-state index contributed by atoms with van der Waals surface area (Å²) in [6, 6.07) is 5.55. The lowest BCUT2D eigenvalue weighted by molar-refractivity contribution is 0.0666. The quantitative estimate of drug-likeness (QED) is 0.711. The van der Waals surface area contributed by atoms with Crippen molar-refractivity contribution < 1.29 is 18.3 Å². The highest BCUT2D eigenvalue weighted by Gasteiger charge is 2.11. The molecule has 0 saturated carbocycles. The van der Waals surface area contributed by atoms with E-state index in [1.807, 2.05) is 25.1 Å². The van der Waals surface area contributed by atoms with Crippen LogP contribution in [0, 0.1) is 0 Å². The Morgan fingerprint density at radius 1 is 1.33 bits per heavy atom. The minimum absolute atomic E-state index is 0.241. The van der Waals surface area contributed by atoms with Crippen molar-refractivity contribution in [1.29, 1.82) is 0 Å². The first-order valence-corrected chi connectivity index (χ1v) is 7.46. The van der Waals surface area contributed by atoms with Gasteiger partial charge in [0.15, 0.2) is 11.5 Å². The maximum Gasteiger partial charge on any atom is 0.319 e. The average molecular weight is 337 g/mol. The predicted molar refractivity (Wildman–Crippen MR) is 87.3 cm³/mol. The summed E-state index contributed by atoms with van der Waals surface area (Å²) in [5.41, 5.74) is 1.85. The van der Waals surface area contributed by atoms with E-state index in [-0.39, 0.29) is 12.4 Å². The van der Waals surface area contributed by atoms with Crippen LogP contribution in [-0.4, -0.2) is 23.3 Å². The molecule has 0 spiro atoms. The van der Waals surface area contributed by atoms with Gasteiger partial charge in [-0.1, -0.05) is 12.6 Å². The molecule has 0 bridgehead atoms. The minimum Gasteiger partial charge on any atom is -0.493 e. The molecule has 0 fully saturated rings. The van der Waals surface area contributed by atoms with Gasteiger partial charge in [0, 0.05) is 18.9 Å². The first-order chi connectivity index (χ1) is 11.5. The Kier molecular flexibility index (Phi) is 6.31. The van der Waals surface area contributed by atoms with Crippen molar-refractivity contribution in [2.75, 3.05) is 13.7 Å². The van der Waals surface area contributed by atoms with Crippen LogP contribution in [0.4, 0.5) is 8.78 Å². The van der Waals surface area contributed by atoms with E-state index in [9.17, 15) is 8.78 Å². The lowest BCUT2D eigenvalue weighted by atomic mass is 10.2. The van der Waals surface area contributed by atoms with E-state index in [2.05, 4.69) is 16.9 Å². The summed E-state index contributed by atoms with van der Waals surface area (Å²) in [4.78, 5) is 3.93. The Morgan fingerprint density at radius 2 is 2.12 bits per heavy atom. The number of hydrogen-bond acceptors (Lipinski definition) is 4. The third-order valence-corrected chi connectivity index (χ3v) is 3.27. The number of alkyl halides is 2. The van der Waals surface area contributed by atoms with Gasteiger partial charge in [0.2, 0.25) is 0 Å². The topological polar surface area (TPSA) is 48.3 Å². The first kappa shape index (κ1) is 17.9. The van der Waals surface area contributed by atoms with Crippen molar-refractivity contribution in [3.05, 3.63) is 54.1 Å². The van der Waals surface area contributed by atoms with Crippen molar-refractivity contribution >= 4 is 0 Å². The molecule has 0 saturated heterocycles. The summed E-state index contributed by atoms with van der Waals surface area (Å²) in [5, 5.41) is 3.10. The molecule has 0 aliphatic heterocycles. The van der Waals surface area contributed by atoms with Gasteiger partial charge < -0.3 is 14.8 Å². The molecule has 0 aliphatic rings. The summed E-state index contributed by atoms with van der Waals surface area (Å²) in [5.74, 6) is 1.54. The van der Waals surface area contributed by atoms with Crippen LogP contribution in [-0.2, 0) is 13.1 Å². The highest BCUT2D eigenvalue weighted by atomic mass is 19.3. The molecular formula is C17H21F2N3O2. The second kappa shape index (κ2) is 8.44. The molecule has 0 amide bonds. The van der Waals surface area contributed by atoms with Gasteiger partial charge in [-0.3, -0.25) is 4.57 Å². The molecule has 0 aliphatic carbocycles. The van der Waals surface area contributed by atoms with Crippen molar-refractivity contribution in [3.8, 4) is 11.5 Å². The maximum atomic E-state index is 12.8. The fraction of sp³-hybridized carbons (Fsp3) is 0.353. The zero-order valence-electron chi connectivity index (χ0n) is 13.8. The molecule has 7 heteroatoms. The van der Waals surface area contributed by atoms with Crippen molar-refractivity contribution in [3.63, 3.8) is 0 Å². The molecule has 5 nitrogen and oxygen atoms in total. The van der Waals surface area contributed by atoms with Gasteiger partial charge in [-0.25, -0.2) is 4.98 Å². The van der Waals surface area contributed by atoms with E-state index in [0.29, 0.717) is 24.7 Å². The molecule has 0 unspecified atom stereocenters. The molecule has 2 rings (SSSR count). The Labute approximate surface area is 139 Å². The van der Waals surface area contributed by atoms with Crippen LogP contribution < -0.4 is 14.8 Å². The van der Waals surface area contributed by atoms with Crippen LogP contribution in [0.2, 0.25) is 0 Å². The number of rotatable bonds is 9. The molecule has 0 radical (unpaired) electrons. The molecule has 1 aromatic carbocycles. The number of halogens is 2. The number of nitrogens with zero attached hydrogens (tertiary/aromatic N) is 2. The fourth-order valence-electron chi connectivity index (χ4n) is 2.12. The Balaban J connectivity index is 1.98. The van der Waals surface area contributed by atoms with E-state index in [1.54, 1.807) is 7.11 Å². The van der Waals surface area contributed by atoms with Crippen molar-refractivity contribution in [2.24, 2.45) is 0 Å². The van der Waals surface area contributed by atoms with Gasteiger partial charge in [-0.05, 0) is 30.2 Å². The van der Waals surface area contributed by atoms with Gasteiger partial charge in [-0.15, -0.1) is 0 Å². The van der Waals surface area contributed by atoms with Gasteiger partial charge in [0.25, 0.3) is 0 Å². The number of methoxy groups -OCH3 is 1. The van der Waals surface area contributed by atoms with Crippen molar-refractivity contribution in [1.82, 2.24) is 14.9 Å². The monoisotopic (exact) mass is 337 g/mol. The van der Waals surface area contributed by atoms with Gasteiger partial charge in [0.1, 0.15) is 12.4 Å². The van der Waals surface area contributed by atoms with E-state index < -0.39 is 6.55 Å². The Morgan fingerprint density at radius 3 is 2.79 bits per heavy atom. The number of benzene rings is 1. The average Bonchev–Trinajstić information content (AvgIpc) is 3.02. The predicted octanol–water partition coefficient (Wildman–Crippen LogP) is 3.53. The lowest BCUT2D eigenvalue weighted by Crippen LogP contribution is -2.17. The highest BCUT2D eigenvalue weighted by Crippen LogP contribution is 2.28. The summed E-state index contributed by atoms with van der Waals surface area (Å²) in [6.07, 6.45) is 2.62. The number of aromatic nitrogens is 2. The third kappa shape index (κ3) is 4.79. The zero-order valence-corrected chi connectivity index (χ0v) is 13.8. The minimum atomic E-state index is -2.59. The van der Waals surface area contributed by atoms with Gasteiger partial charge >= 0.3 is 6.55 Å². The summed E-state index contributed by atoms with van der Waals surface area (Å²) < 4.78 is 37.3. The van der Waals surface area contributed by atoms with E-state index in [1.165, 1.54) is 12.4 Å². The molecule has 1 N–H and O–H groups in total. The second-order valence-corrected chi connectivity index (χ2v) is 5.36. The smallest absolute Gasteiger partial charge is 0.319 e. The molecular weight excluding hydrogens is 316 g/mol. The molecule has 2 aromatic rings. The summed E-state index contributed by atoms with van der Waals surface area (Å²) in [7, 11) is 1.57. The SMILES string of the molecule is C=C(C)COc1cc(CNCc2nccn2C(F)F)ccc1OC. The molecule has 1 aromatic heterocycles. The second-order valence-electron chi connectivity index (χ2n) is 5.36. The summed E-state index contributed by atoms with van der Waals surface area (Å²) in [6.45, 7) is 4.22. The van der Waals surface area contributed by atoms with E-state index in [0.717, 1.165) is 15.7 Å². The normalized spacial score (nSPS) is 10.9.